The van der Waals surface area contributed by atoms with Gasteiger partial charge in [0.1, 0.15) is 13.2 Å². The SMILES string of the molecule is CCCCCCCCCCCC(=O)OCC[N+](C)(C)CCCl. The largest absolute Gasteiger partial charge is 0.460 e. The zero-order valence-electron chi connectivity index (χ0n) is 15.0. The fourth-order valence-electron chi connectivity index (χ4n) is 2.40. The van der Waals surface area contributed by atoms with Gasteiger partial charge in [0, 0.05) is 6.42 Å². The van der Waals surface area contributed by atoms with Crippen LogP contribution in [0.25, 0.3) is 0 Å². The Morgan fingerprint density at radius 2 is 1.45 bits per heavy atom. The molecule has 0 fully saturated rings. The average Bonchev–Trinajstić information content (AvgIpc) is 2.45. The van der Waals surface area contributed by atoms with E-state index in [-0.39, 0.29) is 5.97 Å². The normalized spacial score (nSPS) is 11.6. The molecule has 0 unspecified atom stereocenters. The van der Waals surface area contributed by atoms with Crippen molar-refractivity contribution in [3.8, 4) is 0 Å². The number of rotatable bonds is 15. The predicted molar refractivity (Wildman–Crippen MR) is 95.4 cm³/mol. The number of ether oxygens (including phenoxy) is 1. The number of unbranched alkanes of at least 4 members (excludes halogenated alkanes) is 8. The van der Waals surface area contributed by atoms with Gasteiger partial charge < -0.3 is 9.22 Å². The molecule has 0 aliphatic heterocycles. The van der Waals surface area contributed by atoms with Gasteiger partial charge in [-0.15, -0.1) is 11.6 Å². The molecule has 0 bridgehead atoms. The van der Waals surface area contributed by atoms with Gasteiger partial charge in [-0.05, 0) is 6.42 Å². The van der Waals surface area contributed by atoms with E-state index in [0.29, 0.717) is 18.9 Å². The number of hydrogen-bond acceptors (Lipinski definition) is 2. The molecule has 0 aromatic carbocycles. The summed E-state index contributed by atoms with van der Waals surface area (Å²) in [5, 5.41) is 0. The molecule has 0 amide bonds. The lowest BCUT2D eigenvalue weighted by Crippen LogP contribution is -2.43. The van der Waals surface area contributed by atoms with E-state index >= 15 is 0 Å². The van der Waals surface area contributed by atoms with Crippen molar-refractivity contribution in [1.29, 1.82) is 0 Å². The summed E-state index contributed by atoms with van der Waals surface area (Å²) in [4.78, 5) is 11.6. The summed E-state index contributed by atoms with van der Waals surface area (Å²) >= 11 is 5.75. The topological polar surface area (TPSA) is 26.3 Å². The van der Waals surface area contributed by atoms with Crippen LogP contribution in [0.15, 0.2) is 0 Å². The summed E-state index contributed by atoms with van der Waals surface area (Å²) in [6.45, 7) is 4.48. The van der Waals surface area contributed by atoms with Crippen molar-refractivity contribution < 1.29 is 14.0 Å². The molecule has 0 saturated heterocycles. The van der Waals surface area contributed by atoms with E-state index in [0.717, 1.165) is 30.4 Å². The molecule has 0 aliphatic rings. The van der Waals surface area contributed by atoms with Gasteiger partial charge >= 0.3 is 5.97 Å². The van der Waals surface area contributed by atoms with Crippen LogP contribution >= 0.6 is 11.6 Å². The molecular formula is C18H37ClNO2+. The first-order chi connectivity index (χ1) is 10.5. The third kappa shape index (κ3) is 14.6. The fourth-order valence-corrected chi connectivity index (χ4v) is 2.86. The maximum atomic E-state index is 11.6. The Balaban J connectivity index is 3.36. The average molecular weight is 335 g/mol. The highest BCUT2D eigenvalue weighted by molar-refractivity contribution is 6.17. The second-order valence-electron chi connectivity index (χ2n) is 6.87. The lowest BCUT2D eigenvalue weighted by Gasteiger charge is -2.28. The Morgan fingerprint density at radius 3 is 2.00 bits per heavy atom. The first-order valence-corrected chi connectivity index (χ1v) is 9.59. The van der Waals surface area contributed by atoms with Crippen molar-refractivity contribution in [3.63, 3.8) is 0 Å². The van der Waals surface area contributed by atoms with E-state index < -0.39 is 0 Å². The van der Waals surface area contributed by atoms with E-state index in [9.17, 15) is 4.79 Å². The molecule has 0 radical (unpaired) electrons. The van der Waals surface area contributed by atoms with Crippen LogP contribution in [-0.2, 0) is 9.53 Å². The molecule has 0 aromatic heterocycles. The first kappa shape index (κ1) is 21.7. The highest BCUT2D eigenvalue weighted by Gasteiger charge is 2.14. The molecule has 0 aliphatic carbocycles. The molecule has 0 N–H and O–H groups in total. The van der Waals surface area contributed by atoms with Gasteiger partial charge in [0.15, 0.2) is 0 Å². The third-order valence-electron chi connectivity index (χ3n) is 4.13. The highest BCUT2D eigenvalue weighted by atomic mass is 35.5. The van der Waals surface area contributed by atoms with Crippen molar-refractivity contribution >= 4 is 17.6 Å². The number of hydrogen-bond donors (Lipinski definition) is 0. The van der Waals surface area contributed by atoms with Crippen molar-refractivity contribution in [2.75, 3.05) is 39.7 Å². The number of quaternary nitrogens is 1. The predicted octanol–water partition coefficient (Wildman–Crippen LogP) is 4.77. The van der Waals surface area contributed by atoms with Crippen LogP contribution in [-0.4, -0.2) is 50.1 Å². The molecule has 0 rings (SSSR count). The van der Waals surface area contributed by atoms with Crippen LogP contribution in [0, 0.1) is 0 Å². The lowest BCUT2D eigenvalue weighted by molar-refractivity contribution is -0.888. The fraction of sp³-hybridized carbons (Fsp3) is 0.944. The minimum Gasteiger partial charge on any atom is -0.460 e. The molecule has 0 heterocycles. The van der Waals surface area contributed by atoms with Gasteiger partial charge in [-0.25, -0.2) is 0 Å². The van der Waals surface area contributed by atoms with E-state index in [4.69, 9.17) is 16.3 Å². The smallest absolute Gasteiger partial charge is 0.305 e. The zero-order valence-corrected chi connectivity index (χ0v) is 15.8. The minimum atomic E-state index is -0.0474. The van der Waals surface area contributed by atoms with Crippen LogP contribution < -0.4 is 0 Å². The summed E-state index contributed by atoms with van der Waals surface area (Å²) in [7, 11) is 4.22. The molecule has 3 nitrogen and oxygen atoms in total. The number of halogens is 1. The van der Waals surface area contributed by atoms with E-state index in [1.54, 1.807) is 0 Å². The quantitative estimate of drug-likeness (QED) is 0.187. The Bertz CT molecular complexity index is 270. The Hall–Kier alpha value is -0.280. The van der Waals surface area contributed by atoms with Gasteiger partial charge in [-0.1, -0.05) is 58.3 Å². The molecule has 0 saturated carbocycles. The minimum absolute atomic E-state index is 0.0474. The first-order valence-electron chi connectivity index (χ1n) is 9.05. The summed E-state index contributed by atoms with van der Waals surface area (Å²) in [5.41, 5.74) is 0. The number of esters is 1. The van der Waals surface area contributed by atoms with E-state index in [1.165, 1.54) is 44.9 Å². The zero-order chi connectivity index (χ0) is 16.7. The maximum Gasteiger partial charge on any atom is 0.305 e. The second kappa shape index (κ2) is 14.3. The monoisotopic (exact) mass is 334 g/mol. The third-order valence-corrected chi connectivity index (χ3v) is 4.30. The van der Waals surface area contributed by atoms with Gasteiger partial charge in [0.05, 0.1) is 26.5 Å². The van der Waals surface area contributed by atoms with Gasteiger partial charge in [0.2, 0.25) is 0 Å². The molecule has 4 heteroatoms. The van der Waals surface area contributed by atoms with Gasteiger partial charge in [-0.2, -0.15) is 0 Å². The van der Waals surface area contributed by atoms with Crippen LogP contribution in [0.4, 0.5) is 0 Å². The molecule has 22 heavy (non-hydrogen) atoms. The maximum absolute atomic E-state index is 11.6. The van der Waals surface area contributed by atoms with Gasteiger partial charge in [-0.3, -0.25) is 4.79 Å². The van der Waals surface area contributed by atoms with E-state index in [2.05, 4.69) is 21.0 Å². The summed E-state index contributed by atoms with van der Waals surface area (Å²) in [5.74, 6) is 0.591. The second-order valence-corrected chi connectivity index (χ2v) is 7.25. The summed E-state index contributed by atoms with van der Waals surface area (Å²) in [6, 6.07) is 0. The molecular weight excluding hydrogens is 298 g/mol. The van der Waals surface area contributed by atoms with Crippen LogP contribution in [0.3, 0.4) is 0 Å². The van der Waals surface area contributed by atoms with Crippen LogP contribution in [0.5, 0.6) is 0 Å². The lowest BCUT2D eigenvalue weighted by atomic mass is 10.1. The van der Waals surface area contributed by atoms with Crippen LogP contribution in [0.2, 0.25) is 0 Å². The van der Waals surface area contributed by atoms with Crippen LogP contribution in [0.1, 0.15) is 71.1 Å². The number of alkyl halides is 1. The number of likely N-dealkylation sites (N-methyl/N-ethyl adjacent to an activating group) is 1. The summed E-state index contributed by atoms with van der Waals surface area (Å²) in [6.07, 6.45) is 12.0. The van der Waals surface area contributed by atoms with Crippen molar-refractivity contribution in [2.45, 2.75) is 71.1 Å². The Labute approximate surface area is 142 Å². The number of nitrogens with zero attached hydrogens (tertiary/aromatic N) is 1. The number of carbonyl (C=O) groups is 1. The van der Waals surface area contributed by atoms with Crippen molar-refractivity contribution in [2.24, 2.45) is 0 Å². The Kier molecular flexibility index (Phi) is 14.1. The summed E-state index contributed by atoms with van der Waals surface area (Å²) < 4.78 is 6.10. The highest BCUT2D eigenvalue weighted by Crippen LogP contribution is 2.10. The molecule has 132 valence electrons. The molecule has 0 atom stereocenters. The van der Waals surface area contributed by atoms with Gasteiger partial charge in [0.25, 0.3) is 0 Å². The van der Waals surface area contributed by atoms with Crippen molar-refractivity contribution in [1.82, 2.24) is 0 Å². The number of carbonyl (C=O) groups excluding carboxylic acids is 1. The van der Waals surface area contributed by atoms with E-state index in [1.807, 2.05) is 0 Å². The molecule has 0 aromatic rings. The van der Waals surface area contributed by atoms with Crippen molar-refractivity contribution in [3.05, 3.63) is 0 Å². The Morgan fingerprint density at radius 1 is 0.909 bits per heavy atom. The molecule has 0 spiro atoms. The standard InChI is InChI=1S/C18H37ClNO2/c1-4-5-6-7-8-9-10-11-12-13-18(21)22-17-16-20(2,3)15-14-19/h4-17H2,1-3H3/q+1.